The number of rotatable bonds is 14. The Morgan fingerprint density at radius 1 is 1.02 bits per heavy atom. The summed E-state index contributed by atoms with van der Waals surface area (Å²) >= 11 is 0. The number of aromatic amines is 1. The standard InChI is InChI=1S/C32H39FN4O8/c1-36(2)31(23-6-4-3-5-7-23)13-10-21(11-14-31)20-37(45-32(29(42)43,17-27(38)39)18-28(40)41)30(44)34-15-12-22-19-35-26-9-8-24(33)16-25(22)26/h3-9,16,19,21,35H,10-15,17-18,20H2,1-2H3,(H,34,44)(H,38,39)(H,40,41)(H,42,43). The number of amides is 2. The van der Waals surface area contributed by atoms with Crippen molar-refractivity contribution in [1.29, 1.82) is 0 Å². The first-order chi connectivity index (χ1) is 21.3. The SMILES string of the molecule is CN(C)C1(c2ccccc2)CCC(CN(OC(CC(=O)O)(CC(=O)O)C(=O)O)C(=O)NCCc2c[nH]c3ccc(F)cc23)CC1. The van der Waals surface area contributed by atoms with Gasteiger partial charge in [-0.1, -0.05) is 30.3 Å². The van der Waals surface area contributed by atoms with Crippen LogP contribution in [-0.4, -0.2) is 87.0 Å². The van der Waals surface area contributed by atoms with Crippen LogP contribution in [0.1, 0.15) is 49.7 Å². The fourth-order valence-electron chi connectivity index (χ4n) is 6.24. The number of H-pyrrole nitrogens is 1. The number of carboxylic acid groups (broad SMARTS) is 3. The van der Waals surface area contributed by atoms with Crippen molar-refractivity contribution >= 4 is 34.8 Å². The van der Waals surface area contributed by atoms with E-state index in [1.165, 1.54) is 12.1 Å². The van der Waals surface area contributed by atoms with Crippen LogP contribution in [0, 0.1) is 11.7 Å². The maximum atomic E-state index is 13.8. The second kappa shape index (κ2) is 14.1. The number of aliphatic carboxylic acids is 3. The van der Waals surface area contributed by atoms with Gasteiger partial charge in [-0.25, -0.2) is 23.9 Å². The number of nitrogens with zero attached hydrogens (tertiary/aromatic N) is 2. The van der Waals surface area contributed by atoms with Gasteiger partial charge in [-0.05, 0) is 81.4 Å². The molecule has 4 rings (SSSR count). The lowest BCUT2D eigenvalue weighted by molar-refractivity contribution is -0.236. The summed E-state index contributed by atoms with van der Waals surface area (Å²) in [5.41, 5.74) is -0.360. The largest absolute Gasteiger partial charge is 0.481 e. The van der Waals surface area contributed by atoms with Crippen LogP contribution in [-0.2, 0) is 31.2 Å². The van der Waals surface area contributed by atoms with Crippen molar-refractivity contribution in [3.05, 3.63) is 71.7 Å². The second-order valence-corrected chi connectivity index (χ2v) is 11.8. The monoisotopic (exact) mass is 626 g/mol. The summed E-state index contributed by atoms with van der Waals surface area (Å²) in [7, 11) is 4.02. The summed E-state index contributed by atoms with van der Waals surface area (Å²) in [6.45, 7) is -0.0286. The number of fused-ring (bicyclic) bond motifs is 1. The van der Waals surface area contributed by atoms with Crippen LogP contribution in [0.3, 0.4) is 0 Å². The van der Waals surface area contributed by atoms with E-state index in [0.717, 1.165) is 34.5 Å². The van der Waals surface area contributed by atoms with E-state index in [0.29, 0.717) is 24.6 Å². The first-order valence-electron chi connectivity index (χ1n) is 14.8. The van der Waals surface area contributed by atoms with E-state index >= 15 is 0 Å². The fourth-order valence-corrected chi connectivity index (χ4v) is 6.24. The number of hydroxylamine groups is 2. The number of carbonyl (C=O) groups excluding carboxylic acids is 1. The molecular formula is C32H39FN4O8. The van der Waals surface area contributed by atoms with Crippen molar-refractivity contribution in [3.8, 4) is 0 Å². The lowest BCUT2D eigenvalue weighted by Crippen LogP contribution is -2.54. The van der Waals surface area contributed by atoms with Crippen LogP contribution in [0.4, 0.5) is 9.18 Å². The van der Waals surface area contributed by atoms with Crippen molar-refractivity contribution in [1.82, 2.24) is 20.3 Å². The quantitative estimate of drug-likeness (QED) is 0.164. The van der Waals surface area contributed by atoms with Crippen LogP contribution in [0.25, 0.3) is 10.9 Å². The summed E-state index contributed by atoms with van der Waals surface area (Å²) in [6, 6.07) is 13.5. The molecule has 2 aromatic carbocycles. The minimum Gasteiger partial charge on any atom is -0.481 e. The smallest absolute Gasteiger partial charge is 0.341 e. The lowest BCUT2D eigenvalue weighted by atomic mass is 9.72. The van der Waals surface area contributed by atoms with Crippen molar-refractivity contribution in [2.75, 3.05) is 27.2 Å². The Bertz CT molecular complexity index is 1500. The highest BCUT2D eigenvalue weighted by Crippen LogP contribution is 2.43. The number of urea groups is 1. The first-order valence-corrected chi connectivity index (χ1v) is 14.8. The van der Waals surface area contributed by atoms with Gasteiger partial charge in [0.05, 0.1) is 19.4 Å². The van der Waals surface area contributed by atoms with Gasteiger partial charge in [-0.3, -0.25) is 14.5 Å². The third-order valence-corrected chi connectivity index (χ3v) is 8.70. The molecule has 0 unspecified atom stereocenters. The molecule has 2 amide bonds. The molecule has 0 atom stereocenters. The third kappa shape index (κ3) is 7.78. The zero-order chi connectivity index (χ0) is 32.8. The number of nitrogens with one attached hydrogen (secondary N) is 2. The predicted octanol–water partition coefficient (Wildman–Crippen LogP) is 4.21. The van der Waals surface area contributed by atoms with E-state index in [-0.39, 0.29) is 24.5 Å². The zero-order valence-electron chi connectivity index (χ0n) is 25.3. The molecule has 1 aliphatic carbocycles. The Morgan fingerprint density at radius 2 is 1.67 bits per heavy atom. The highest BCUT2D eigenvalue weighted by Gasteiger charge is 2.48. The third-order valence-electron chi connectivity index (χ3n) is 8.70. The van der Waals surface area contributed by atoms with Gasteiger partial charge >= 0.3 is 23.9 Å². The summed E-state index contributed by atoms with van der Waals surface area (Å²) in [5, 5.41) is 33.0. The van der Waals surface area contributed by atoms with Gasteiger partial charge < -0.3 is 25.6 Å². The van der Waals surface area contributed by atoms with E-state index in [9.17, 15) is 38.9 Å². The van der Waals surface area contributed by atoms with E-state index < -0.39 is 48.2 Å². The predicted molar refractivity (Wildman–Crippen MR) is 162 cm³/mol. The molecule has 5 N–H and O–H groups in total. The average molecular weight is 627 g/mol. The van der Waals surface area contributed by atoms with Crippen molar-refractivity contribution < 1.29 is 43.7 Å². The molecule has 13 heteroatoms. The minimum atomic E-state index is -2.73. The minimum absolute atomic E-state index is 0.0580. The molecule has 0 radical (unpaired) electrons. The molecule has 1 aromatic heterocycles. The molecular weight excluding hydrogens is 587 g/mol. The first kappa shape index (κ1) is 33.4. The molecule has 1 fully saturated rings. The van der Waals surface area contributed by atoms with Crippen molar-refractivity contribution in [2.45, 2.75) is 56.1 Å². The molecule has 0 saturated heterocycles. The number of halogens is 1. The Hall–Kier alpha value is -4.49. The summed E-state index contributed by atoms with van der Waals surface area (Å²) in [4.78, 5) is 60.0. The fraction of sp³-hybridized carbons (Fsp3) is 0.438. The molecule has 12 nitrogen and oxygen atoms in total. The molecule has 45 heavy (non-hydrogen) atoms. The number of carboxylic acids is 3. The molecule has 0 spiro atoms. The summed E-state index contributed by atoms with van der Waals surface area (Å²) in [5.74, 6) is -5.56. The Morgan fingerprint density at radius 3 is 2.24 bits per heavy atom. The van der Waals surface area contributed by atoms with Gasteiger partial charge in [-0.15, -0.1) is 0 Å². The Labute approximate surface area is 259 Å². The molecule has 3 aromatic rings. The van der Waals surface area contributed by atoms with E-state index in [1.807, 2.05) is 32.3 Å². The van der Waals surface area contributed by atoms with Gasteiger partial charge in [0.25, 0.3) is 0 Å². The van der Waals surface area contributed by atoms with Gasteiger partial charge in [0.15, 0.2) is 0 Å². The topological polar surface area (TPSA) is 173 Å². The van der Waals surface area contributed by atoms with Crippen LogP contribution in [0.2, 0.25) is 0 Å². The maximum Gasteiger partial charge on any atom is 0.341 e. The highest BCUT2D eigenvalue weighted by molar-refractivity contribution is 5.88. The van der Waals surface area contributed by atoms with Crippen molar-refractivity contribution in [3.63, 3.8) is 0 Å². The van der Waals surface area contributed by atoms with E-state index in [1.54, 1.807) is 12.3 Å². The van der Waals surface area contributed by atoms with Gasteiger partial charge in [0.2, 0.25) is 5.60 Å². The number of aromatic nitrogens is 1. The number of hydrogen-bond acceptors (Lipinski definition) is 6. The Kier molecular flexibility index (Phi) is 10.5. The number of benzene rings is 2. The second-order valence-electron chi connectivity index (χ2n) is 11.8. The molecule has 1 heterocycles. The maximum absolute atomic E-state index is 13.8. The highest BCUT2D eigenvalue weighted by atomic mass is 19.1. The zero-order valence-corrected chi connectivity index (χ0v) is 25.3. The molecule has 242 valence electrons. The van der Waals surface area contributed by atoms with Gasteiger partial charge in [0.1, 0.15) is 5.82 Å². The van der Waals surface area contributed by atoms with Gasteiger partial charge in [-0.2, -0.15) is 0 Å². The summed E-state index contributed by atoms with van der Waals surface area (Å²) < 4.78 is 13.8. The van der Waals surface area contributed by atoms with E-state index in [4.69, 9.17) is 4.84 Å². The lowest BCUT2D eigenvalue weighted by Gasteiger charge is -2.46. The van der Waals surface area contributed by atoms with Crippen LogP contribution >= 0.6 is 0 Å². The molecule has 0 aliphatic heterocycles. The number of carbonyl (C=O) groups is 4. The van der Waals surface area contributed by atoms with Gasteiger partial charge in [0, 0.05) is 29.2 Å². The van der Waals surface area contributed by atoms with Crippen LogP contribution in [0.5, 0.6) is 0 Å². The molecule has 1 saturated carbocycles. The van der Waals surface area contributed by atoms with Crippen LogP contribution in [0.15, 0.2) is 54.7 Å². The van der Waals surface area contributed by atoms with Crippen LogP contribution < -0.4 is 5.32 Å². The number of hydrogen-bond donors (Lipinski definition) is 5. The Balaban J connectivity index is 1.54. The average Bonchev–Trinajstić information content (AvgIpc) is 3.38. The van der Waals surface area contributed by atoms with E-state index in [2.05, 4.69) is 27.3 Å². The molecule has 1 aliphatic rings. The van der Waals surface area contributed by atoms with Crippen molar-refractivity contribution in [2.24, 2.45) is 5.92 Å². The summed E-state index contributed by atoms with van der Waals surface area (Å²) in [6.07, 6.45) is 2.38. The molecule has 0 bridgehead atoms. The normalized spacial score (nSPS) is 18.5.